The number of nitrogens with zero attached hydrogens (tertiary/aromatic N) is 1. The van der Waals surface area contributed by atoms with Gasteiger partial charge in [-0.2, -0.15) is 0 Å². The van der Waals surface area contributed by atoms with Crippen LogP contribution in [0.15, 0.2) is 0 Å². The van der Waals surface area contributed by atoms with Gasteiger partial charge < -0.3 is 10.7 Å². The number of H-pyrrole nitrogens is 1. The van der Waals surface area contributed by atoms with Crippen LogP contribution in [0.5, 0.6) is 0 Å². The number of carbonyl (C=O) groups excluding carboxylic acids is 1. The number of fused-ring (bicyclic) bond motifs is 1. The van der Waals surface area contributed by atoms with Crippen LogP contribution in [-0.2, 0) is 12.8 Å². The number of hydrogen-bond acceptors (Lipinski definition) is 3. The minimum Gasteiger partial charge on any atom is -0.345 e. The number of aromatic nitrogens is 2. The molecule has 0 bridgehead atoms. The first kappa shape index (κ1) is 11.3. The first-order chi connectivity index (χ1) is 7.60. The van der Waals surface area contributed by atoms with Crippen LogP contribution in [0.3, 0.4) is 0 Å². The Labute approximate surface area is 95.6 Å². The molecule has 0 saturated heterocycles. The van der Waals surface area contributed by atoms with E-state index in [-0.39, 0.29) is 11.7 Å². The molecule has 16 heavy (non-hydrogen) atoms. The van der Waals surface area contributed by atoms with Gasteiger partial charge >= 0.3 is 0 Å². The van der Waals surface area contributed by atoms with Gasteiger partial charge in [0.1, 0.15) is 11.5 Å². The zero-order chi connectivity index (χ0) is 11.7. The molecule has 1 aliphatic rings. The molecule has 1 aromatic rings. The van der Waals surface area contributed by atoms with Crippen molar-refractivity contribution >= 4 is 5.78 Å². The van der Waals surface area contributed by atoms with Gasteiger partial charge in [0.15, 0.2) is 5.78 Å². The normalized spacial score (nSPS) is 20.2. The average Bonchev–Trinajstić information content (AvgIpc) is 2.59. The van der Waals surface area contributed by atoms with Gasteiger partial charge in [0.2, 0.25) is 0 Å². The third-order valence-electron chi connectivity index (χ3n) is 2.99. The number of nitrogens with one attached hydrogen (secondary N) is 1. The molecule has 1 unspecified atom stereocenters. The first-order valence-electron chi connectivity index (χ1n) is 5.91. The zero-order valence-electron chi connectivity index (χ0n) is 9.92. The molecular weight excluding hydrogens is 202 g/mol. The second-order valence-electron chi connectivity index (χ2n) is 5.04. The van der Waals surface area contributed by atoms with Crippen molar-refractivity contribution in [2.24, 2.45) is 17.6 Å². The Morgan fingerprint density at radius 2 is 2.25 bits per heavy atom. The Morgan fingerprint density at radius 3 is 2.88 bits per heavy atom. The predicted molar refractivity (Wildman–Crippen MR) is 62.3 cm³/mol. The molecule has 0 fully saturated rings. The predicted octanol–water partition coefficient (Wildman–Crippen LogP) is 1.31. The molecule has 1 aromatic heterocycles. The fraction of sp³-hybridized carbons (Fsp3) is 0.667. The number of imidazole rings is 1. The number of carbonyl (C=O) groups is 1. The first-order valence-corrected chi connectivity index (χ1v) is 5.91. The minimum absolute atomic E-state index is 0.142. The van der Waals surface area contributed by atoms with Crippen molar-refractivity contribution in [1.29, 1.82) is 0 Å². The number of rotatable bonds is 3. The molecule has 1 heterocycles. The van der Waals surface area contributed by atoms with E-state index in [2.05, 4.69) is 23.8 Å². The highest BCUT2D eigenvalue weighted by atomic mass is 16.1. The minimum atomic E-state index is 0.142. The van der Waals surface area contributed by atoms with Crippen LogP contribution < -0.4 is 5.73 Å². The highest BCUT2D eigenvalue weighted by molar-refractivity contribution is 5.96. The van der Waals surface area contributed by atoms with Crippen LogP contribution >= 0.6 is 0 Å². The lowest BCUT2D eigenvalue weighted by molar-refractivity contribution is 0.0945. The summed E-state index contributed by atoms with van der Waals surface area (Å²) in [6, 6.07) is 0. The van der Waals surface area contributed by atoms with Crippen LogP contribution in [0.25, 0.3) is 0 Å². The number of Topliss-reactive ketones (excluding diaryl/α,β-unsaturated/α-hetero) is 1. The average molecular weight is 221 g/mol. The Hall–Kier alpha value is -1.16. The van der Waals surface area contributed by atoms with E-state index in [9.17, 15) is 4.79 Å². The van der Waals surface area contributed by atoms with E-state index in [0.717, 1.165) is 24.4 Å². The number of nitrogens with two attached hydrogens (primary N) is 1. The maximum Gasteiger partial charge on any atom is 0.183 e. The second kappa shape index (κ2) is 4.37. The van der Waals surface area contributed by atoms with Gasteiger partial charge in [-0.1, -0.05) is 13.8 Å². The lowest BCUT2D eigenvalue weighted by Crippen LogP contribution is -2.26. The molecule has 0 aromatic carbocycles. The van der Waals surface area contributed by atoms with Gasteiger partial charge in [0.05, 0.1) is 0 Å². The van der Waals surface area contributed by atoms with Gasteiger partial charge in [-0.15, -0.1) is 0 Å². The van der Waals surface area contributed by atoms with Crippen molar-refractivity contribution in [3.8, 4) is 0 Å². The molecule has 0 spiro atoms. The van der Waals surface area contributed by atoms with Crippen LogP contribution in [-0.4, -0.2) is 22.3 Å². The van der Waals surface area contributed by atoms with Gasteiger partial charge in [0.25, 0.3) is 0 Å². The quantitative estimate of drug-likeness (QED) is 0.808. The SMILES string of the molecule is CC(C)Cc1nc2c([nH]1)CC(CN)CC2=O. The highest BCUT2D eigenvalue weighted by Gasteiger charge is 2.27. The molecular formula is C12H19N3O. The summed E-state index contributed by atoms with van der Waals surface area (Å²) in [5.41, 5.74) is 7.27. The highest BCUT2D eigenvalue weighted by Crippen LogP contribution is 2.23. The van der Waals surface area contributed by atoms with Crippen LogP contribution in [0.4, 0.5) is 0 Å². The second-order valence-corrected chi connectivity index (χ2v) is 5.04. The summed E-state index contributed by atoms with van der Waals surface area (Å²) in [6.07, 6.45) is 2.31. The summed E-state index contributed by atoms with van der Waals surface area (Å²) in [4.78, 5) is 19.5. The van der Waals surface area contributed by atoms with Crippen molar-refractivity contribution in [1.82, 2.24) is 9.97 Å². The monoisotopic (exact) mass is 221 g/mol. The van der Waals surface area contributed by atoms with Gasteiger partial charge in [-0.25, -0.2) is 4.98 Å². The standard InChI is InChI=1S/C12H19N3O/c1-7(2)3-11-14-9-4-8(6-13)5-10(16)12(9)15-11/h7-8H,3-6,13H2,1-2H3,(H,14,15). The van der Waals surface area contributed by atoms with E-state index in [4.69, 9.17) is 5.73 Å². The summed E-state index contributed by atoms with van der Waals surface area (Å²) in [7, 11) is 0. The van der Waals surface area contributed by atoms with Crippen LogP contribution in [0.2, 0.25) is 0 Å². The number of ketones is 1. The molecule has 0 amide bonds. The van der Waals surface area contributed by atoms with Crippen molar-refractivity contribution in [2.45, 2.75) is 33.1 Å². The smallest absolute Gasteiger partial charge is 0.183 e. The summed E-state index contributed by atoms with van der Waals surface area (Å²) in [6.45, 7) is 4.86. The summed E-state index contributed by atoms with van der Waals surface area (Å²) in [5.74, 6) is 1.91. The molecule has 0 aliphatic heterocycles. The lowest BCUT2D eigenvalue weighted by Gasteiger charge is -2.17. The fourth-order valence-corrected chi connectivity index (χ4v) is 2.21. The van der Waals surface area contributed by atoms with Gasteiger partial charge in [-0.3, -0.25) is 4.79 Å². The third kappa shape index (κ3) is 2.16. The molecule has 1 aliphatic carbocycles. The summed E-state index contributed by atoms with van der Waals surface area (Å²) < 4.78 is 0. The number of hydrogen-bond donors (Lipinski definition) is 2. The van der Waals surface area contributed by atoms with E-state index in [1.807, 2.05) is 0 Å². The molecule has 4 heteroatoms. The van der Waals surface area contributed by atoms with Crippen molar-refractivity contribution in [2.75, 3.05) is 6.54 Å². The Balaban J connectivity index is 2.23. The van der Waals surface area contributed by atoms with Crippen LogP contribution in [0.1, 0.15) is 42.3 Å². The summed E-state index contributed by atoms with van der Waals surface area (Å²) in [5, 5.41) is 0. The maximum atomic E-state index is 11.8. The maximum absolute atomic E-state index is 11.8. The van der Waals surface area contributed by atoms with Crippen LogP contribution in [0, 0.1) is 11.8 Å². The van der Waals surface area contributed by atoms with Crippen molar-refractivity contribution in [3.63, 3.8) is 0 Å². The molecule has 0 radical (unpaired) electrons. The van der Waals surface area contributed by atoms with E-state index < -0.39 is 0 Å². The van der Waals surface area contributed by atoms with Gasteiger partial charge in [0, 0.05) is 18.5 Å². The van der Waals surface area contributed by atoms with Gasteiger partial charge in [-0.05, 0) is 24.8 Å². The Morgan fingerprint density at radius 1 is 1.50 bits per heavy atom. The van der Waals surface area contributed by atoms with E-state index in [1.54, 1.807) is 0 Å². The lowest BCUT2D eigenvalue weighted by atomic mass is 9.89. The Kier molecular flexibility index (Phi) is 3.10. The summed E-state index contributed by atoms with van der Waals surface area (Å²) >= 11 is 0. The van der Waals surface area contributed by atoms with E-state index in [1.165, 1.54) is 0 Å². The molecule has 1 atom stereocenters. The molecule has 0 saturated carbocycles. The molecule has 4 nitrogen and oxygen atoms in total. The topological polar surface area (TPSA) is 71.8 Å². The Bertz CT molecular complexity index is 395. The number of aromatic amines is 1. The van der Waals surface area contributed by atoms with Crippen molar-refractivity contribution in [3.05, 3.63) is 17.2 Å². The molecule has 88 valence electrons. The largest absolute Gasteiger partial charge is 0.345 e. The molecule has 3 N–H and O–H groups in total. The van der Waals surface area contributed by atoms with Crippen molar-refractivity contribution < 1.29 is 4.79 Å². The third-order valence-corrected chi connectivity index (χ3v) is 2.99. The van der Waals surface area contributed by atoms with E-state index >= 15 is 0 Å². The van der Waals surface area contributed by atoms with E-state index in [0.29, 0.717) is 24.6 Å². The fourth-order valence-electron chi connectivity index (χ4n) is 2.21. The molecule has 2 rings (SSSR count). The zero-order valence-corrected chi connectivity index (χ0v) is 9.92.